The summed E-state index contributed by atoms with van der Waals surface area (Å²) in [7, 11) is 6.74. The largest absolute Gasteiger partial charge is 0.504 e. The number of nitrogens with one attached hydrogen (secondary N) is 1. The molecule has 0 amide bonds. The highest BCUT2D eigenvalue weighted by molar-refractivity contribution is 7.99. The van der Waals surface area contributed by atoms with Gasteiger partial charge in [0.25, 0.3) is 0 Å². The first-order valence-corrected chi connectivity index (χ1v) is 18.5. The monoisotopic (exact) mass is 749 g/mol. The normalized spacial score (nSPS) is 27.0. The smallest absolute Gasteiger partial charge is 0.333 e. The summed E-state index contributed by atoms with van der Waals surface area (Å²) in [6.45, 7) is 5.25. The predicted molar refractivity (Wildman–Crippen MR) is 192 cm³/mol. The third kappa shape index (κ3) is 5.15. The van der Waals surface area contributed by atoms with E-state index >= 15 is 4.79 Å². The summed E-state index contributed by atoms with van der Waals surface area (Å²) in [5, 5.41) is 38.0. The number of methoxy groups -OCH3 is 2. The number of ether oxygens (including phenoxy) is 6. The average molecular weight is 750 g/mol. The number of hydrogen-bond donors (Lipinski definition) is 4. The summed E-state index contributed by atoms with van der Waals surface area (Å²) < 4.78 is 36.1. The molecule has 1 fully saturated rings. The van der Waals surface area contributed by atoms with E-state index in [1.807, 2.05) is 32.0 Å². The Hall–Kier alpha value is -4.41. The van der Waals surface area contributed by atoms with Crippen LogP contribution in [0.3, 0.4) is 0 Å². The number of fused-ring (bicyclic) bond motifs is 5. The Bertz CT molecular complexity index is 2060. The van der Waals surface area contributed by atoms with Gasteiger partial charge in [-0.05, 0) is 68.8 Å². The Labute approximate surface area is 310 Å². The van der Waals surface area contributed by atoms with Gasteiger partial charge in [0.15, 0.2) is 46.3 Å². The third-order valence-electron chi connectivity index (χ3n) is 11.2. The first-order valence-electron chi connectivity index (χ1n) is 17.5. The number of aliphatic hydroxyl groups excluding tert-OH is 1. The van der Waals surface area contributed by atoms with E-state index < -0.39 is 47.3 Å². The van der Waals surface area contributed by atoms with Gasteiger partial charge in [0, 0.05) is 42.3 Å². The van der Waals surface area contributed by atoms with Crippen molar-refractivity contribution in [2.24, 2.45) is 0 Å². The van der Waals surface area contributed by atoms with Crippen LogP contribution in [-0.2, 0) is 32.7 Å². The number of phenolic OH excluding ortho intramolecular Hbond substituents is 2. The van der Waals surface area contributed by atoms with E-state index in [9.17, 15) is 20.1 Å². The van der Waals surface area contributed by atoms with E-state index in [1.165, 1.54) is 32.9 Å². The minimum Gasteiger partial charge on any atom is -0.504 e. The maximum Gasteiger partial charge on any atom is 0.333 e. The number of phenols is 2. The second-order valence-corrected chi connectivity index (χ2v) is 15.5. The average Bonchev–Trinajstić information content (AvgIpc) is 3.57. The van der Waals surface area contributed by atoms with Gasteiger partial charge >= 0.3 is 11.9 Å². The molecule has 0 radical (unpaired) electrons. The van der Waals surface area contributed by atoms with Gasteiger partial charge in [-0.2, -0.15) is 0 Å². The molecule has 2 bridgehead atoms. The molecule has 6 heterocycles. The third-order valence-corrected chi connectivity index (χ3v) is 12.7. The number of thioether (sulfide) groups is 1. The Morgan fingerprint density at radius 1 is 1.04 bits per heavy atom. The molecule has 9 rings (SSSR count). The number of aromatic hydroxyl groups is 2. The second kappa shape index (κ2) is 12.9. The van der Waals surface area contributed by atoms with Crippen LogP contribution < -0.4 is 29.0 Å². The summed E-state index contributed by atoms with van der Waals surface area (Å²) in [4.78, 5) is 31.7. The van der Waals surface area contributed by atoms with Gasteiger partial charge < -0.3 is 48.6 Å². The maximum atomic E-state index is 15.1. The van der Waals surface area contributed by atoms with Gasteiger partial charge in [-0.15, -0.1) is 11.8 Å². The van der Waals surface area contributed by atoms with Crippen molar-refractivity contribution in [3.8, 4) is 40.2 Å². The zero-order valence-corrected chi connectivity index (χ0v) is 31.4. The van der Waals surface area contributed by atoms with Crippen LogP contribution in [0.25, 0.3) is 0 Å². The van der Waals surface area contributed by atoms with E-state index in [0.717, 1.165) is 5.56 Å². The highest BCUT2D eigenvalue weighted by Crippen LogP contribution is 2.63. The van der Waals surface area contributed by atoms with Gasteiger partial charge in [-0.1, -0.05) is 6.07 Å². The molecule has 4 N–H and O–H groups in total. The lowest BCUT2D eigenvalue weighted by atomic mass is 9.82. The number of hydrogen-bond acceptors (Lipinski definition) is 15. The predicted octanol–water partition coefficient (Wildman–Crippen LogP) is 3.62. The summed E-state index contributed by atoms with van der Waals surface area (Å²) >= 11 is 1.44. The van der Waals surface area contributed by atoms with Crippen molar-refractivity contribution in [2.45, 2.75) is 68.9 Å². The lowest BCUT2D eigenvalue weighted by molar-refractivity contribution is -0.193. The van der Waals surface area contributed by atoms with Gasteiger partial charge in [0.2, 0.25) is 6.79 Å². The van der Waals surface area contributed by atoms with Crippen molar-refractivity contribution in [1.29, 1.82) is 0 Å². The molecular weight excluding hydrogens is 706 g/mol. The van der Waals surface area contributed by atoms with Crippen LogP contribution in [0.15, 0.2) is 18.2 Å². The Kier molecular flexibility index (Phi) is 8.65. The van der Waals surface area contributed by atoms with E-state index in [-0.39, 0.29) is 42.0 Å². The van der Waals surface area contributed by atoms with E-state index in [0.29, 0.717) is 69.2 Å². The van der Waals surface area contributed by atoms with Crippen molar-refractivity contribution in [3.05, 3.63) is 62.7 Å². The van der Waals surface area contributed by atoms with E-state index in [4.69, 9.17) is 28.4 Å². The van der Waals surface area contributed by atoms with Gasteiger partial charge in [0.05, 0.1) is 37.1 Å². The molecule has 6 aliphatic heterocycles. The van der Waals surface area contributed by atoms with Crippen molar-refractivity contribution >= 4 is 23.7 Å². The molecule has 0 saturated carbocycles. The van der Waals surface area contributed by atoms with Crippen LogP contribution in [0.4, 0.5) is 0 Å². The van der Waals surface area contributed by atoms with Gasteiger partial charge in [-0.25, -0.2) is 9.69 Å². The zero-order chi connectivity index (χ0) is 37.7. The fraction of sp³-hybridized carbons (Fsp3) is 0.474. The van der Waals surface area contributed by atoms with E-state index in [1.54, 1.807) is 24.0 Å². The number of aliphatic hydroxyl groups is 1. The molecule has 3 aromatic rings. The molecule has 0 aliphatic carbocycles. The Balaban J connectivity index is 1.44. The van der Waals surface area contributed by atoms with Crippen LogP contribution in [0, 0.1) is 13.8 Å². The van der Waals surface area contributed by atoms with Crippen LogP contribution >= 0.6 is 11.8 Å². The molecule has 3 aromatic carbocycles. The number of aryl methyl sites for hydroxylation is 1. The lowest BCUT2D eigenvalue weighted by Crippen LogP contribution is -2.57. The van der Waals surface area contributed by atoms with Gasteiger partial charge in [0.1, 0.15) is 12.0 Å². The Morgan fingerprint density at radius 2 is 1.79 bits per heavy atom. The summed E-state index contributed by atoms with van der Waals surface area (Å²) in [5.74, 6) is 0.371. The van der Waals surface area contributed by atoms with Crippen molar-refractivity contribution in [2.75, 3.05) is 47.4 Å². The molecule has 15 heteroatoms. The SMILES string of the molecule is COc1cc2c(cc1O)CCN[C@]21CSC2c3c(OC(C)=O)c(C)c4c(c3[C@@H](OC1=O)N1[C@H](O)Cc3cc(C)c(OC)c(O)c3[C@@H](N(C)C)[C@@H]21)OCO4. The summed E-state index contributed by atoms with van der Waals surface area (Å²) in [5.41, 5.74) is 3.47. The van der Waals surface area contributed by atoms with Crippen LogP contribution in [0.5, 0.6) is 40.2 Å². The topological polar surface area (TPSA) is 169 Å². The number of esters is 2. The molecule has 1 saturated heterocycles. The fourth-order valence-electron chi connectivity index (χ4n) is 9.06. The standard InChI is InChI=1S/C38H43N3O11S/c1-16-10-20-12-24(44)41-29(28(40(4)5)25(20)30(45)31(16)48-7)35-26-27(34-33(49-15-50-34)17(2)32(26)51-18(3)42)36(41)52-37(46)38(14-53-35)21-13-23(47-6)22(43)11-19(21)8-9-39-38/h10-11,13,24,28-29,35-36,39,43-45H,8-9,12,14-15H2,1-7H3/t24-,28-,29+,35?,36-,38-/m1/s1. The highest BCUT2D eigenvalue weighted by Gasteiger charge is 2.59. The Morgan fingerprint density at radius 3 is 2.49 bits per heavy atom. The number of nitrogens with zero attached hydrogens (tertiary/aromatic N) is 2. The van der Waals surface area contributed by atoms with Crippen molar-refractivity contribution in [3.63, 3.8) is 0 Å². The van der Waals surface area contributed by atoms with Crippen molar-refractivity contribution < 1.29 is 53.3 Å². The zero-order valence-electron chi connectivity index (χ0n) is 30.6. The number of likely N-dealkylation sites (N-methyl/N-ethyl adjacent to an activating group) is 1. The number of carbonyl (C=O) groups excluding carboxylic acids is 2. The van der Waals surface area contributed by atoms with Crippen LogP contribution in [-0.4, -0.2) is 96.7 Å². The number of rotatable bonds is 4. The van der Waals surface area contributed by atoms with E-state index in [2.05, 4.69) is 5.32 Å². The number of benzene rings is 3. The van der Waals surface area contributed by atoms with Gasteiger partial charge in [-0.3, -0.25) is 10.1 Å². The highest BCUT2D eigenvalue weighted by atomic mass is 32.2. The maximum absolute atomic E-state index is 15.1. The first kappa shape index (κ1) is 35.6. The minimum absolute atomic E-state index is 0.0384. The van der Waals surface area contributed by atoms with Crippen LogP contribution in [0.2, 0.25) is 0 Å². The molecule has 0 aromatic heterocycles. The molecule has 6 aliphatic rings. The number of carbonyl (C=O) groups is 2. The molecule has 14 nitrogen and oxygen atoms in total. The second-order valence-electron chi connectivity index (χ2n) is 14.4. The fourth-order valence-corrected chi connectivity index (χ4v) is 10.8. The molecule has 282 valence electrons. The quantitative estimate of drug-likeness (QED) is 0.225. The molecule has 53 heavy (non-hydrogen) atoms. The summed E-state index contributed by atoms with van der Waals surface area (Å²) in [6.07, 6.45) is -1.87. The molecule has 6 atom stereocenters. The summed E-state index contributed by atoms with van der Waals surface area (Å²) in [6, 6.07) is 3.90. The molecular formula is C38H43N3O11S. The molecule has 1 unspecified atom stereocenters. The van der Waals surface area contributed by atoms with Crippen molar-refractivity contribution in [1.82, 2.24) is 15.1 Å². The van der Waals surface area contributed by atoms with Crippen LogP contribution in [0.1, 0.15) is 69.0 Å². The lowest BCUT2D eigenvalue weighted by Gasteiger charge is -2.50. The first-order chi connectivity index (χ1) is 25.3. The molecule has 1 spiro atoms. The minimum atomic E-state index is -1.42.